The number of carboxylic acids is 1. The number of hydrogen-bond donors (Lipinski definition) is 1. The van der Waals surface area contributed by atoms with Crippen LogP contribution in [0.3, 0.4) is 0 Å². The van der Waals surface area contributed by atoms with Crippen molar-refractivity contribution in [3.05, 3.63) is 23.0 Å². The van der Waals surface area contributed by atoms with Crippen molar-refractivity contribution >= 4 is 17.0 Å². The predicted octanol–water partition coefficient (Wildman–Crippen LogP) is 2.48. The van der Waals surface area contributed by atoms with Gasteiger partial charge in [0.2, 0.25) is 0 Å². The molecule has 0 saturated heterocycles. The van der Waals surface area contributed by atoms with Crippen LogP contribution in [0.15, 0.2) is 6.20 Å². The zero-order chi connectivity index (χ0) is 14.0. The lowest BCUT2D eigenvalue weighted by Gasteiger charge is -2.10. The number of pyridine rings is 1. The molecule has 0 aliphatic carbocycles. The molecule has 5 nitrogen and oxygen atoms in total. The average Bonchev–Trinajstić information content (AvgIpc) is 2.72. The maximum absolute atomic E-state index is 10.7. The minimum Gasteiger partial charge on any atom is -0.481 e. The number of carbonyl (C=O) groups is 1. The second-order valence-corrected chi connectivity index (χ2v) is 4.80. The minimum atomic E-state index is -0.777. The fourth-order valence-electron chi connectivity index (χ4n) is 2.40. The summed E-state index contributed by atoms with van der Waals surface area (Å²) in [5.74, 6) is -0.777. The Morgan fingerprint density at radius 3 is 2.79 bits per heavy atom. The first kappa shape index (κ1) is 13.5. The van der Waals surface area contributed by atoms with Crippen LogP contribution >= 0.6 is 0 Å². The number of aliphatic carboxylic acids is 1. The summed E-state index contributed by atoms with van der Waals surface area (Å²) in [5.41, 5.74) is 3.94. The Hall–Kier alpha value is -1.91. The van der Waals surface area contributed by atoms with Crippen LogP contribution in [0.4, 0.5) is 0 Å². The highest BCUT2D eigenvalue weighted by molar-refractivity contribution is 5.80. The van der Waals surface area contributed by atoms with Gasteiger partial charge in [-0.15, -0.1) is 0 Å². The van der Waals surface area contributed by atoms with Gasteiger partial charge in [0.15, 0.2) is 5.65 Å². The summed E-state index contributed by atoms with van der Waals surface area (Å²) in [6.45, 7) is 6.91. The summed E-state index contributed by atoms with van der Waals surface area (Å²) in [6, 6.07) is 0. The number of rotatable bonds is 5. The molecule has 0 fully saturated rings. The first-order valence-corrected chi connectivity index (χ1v) is 6.58. The normalized spacial score (nSPS) is 11.1. The quantitative estimate of drug-likeness (QED) is 0.897. The topological polar surface area (TPSA) is 68.0 Å². The summed E-state index contributed by atoms with van der Waals surface area (Å²) in [6.07, 6.45) is 3.50. The van der Waals surface area contributed by atoms with Crippen molar-refractivity contribution in [2.45, 2.75) is 46.6 Å². The van der Waals surface area contributed by atoms with Crippen molar-refractivity contribution in [2.75, 3.05) is 0 Å². The second-order valence-electron chi connectivity index (χ2n) is 4.80. The molecule has 0 atom stereocenters. The van der Waals surface area contributed by atoms with E-state index in [0.29, 0.717) is 6.42 Å². The monoisotopic (exact) mass is 261 g/mol. The number of nitrogens with zero attached hydrogens (tertiary/aromatic N) is 3. The molecule has 2 aromatic heterocycles. The highest BCUT2D eigenvalue weighted by atomic mass is 16.4. The van der Waals surface area contributed by atoms with E-state index in [1.54, 1.807) is 0 Å². The molecule has 2 rings (SSSR count). The maximum atomic E-state index is 10.7. The molecule has 0 spiro atoms. The van der Waals surface area contributed by atoms with Crippen molar-refractivity contribution in [2.24, 2.45) is 0 Å². The number of aryl methyl sites for hydroxylation is 3. The predicted molar refractivity (Wildman–Crippen MR) is 73.2 cm³/mol. The Balaban J connectivity index is 2.47. The van der Waals surface area contributed by atoms with Crippen LogP contribution in [0, 0.1) is 13.8 Å². The fourth-order valence-corrected chi connectivity index (χ4v) is 2.40. The van der Waals surface area contributed by atoms with Gasteiger partial charge in [-0.1, -0.05) is 6.92 Å². The third-order valence-corrected chi connectivity index (χ3v) is 3.40. The summed E-state index contributed by atoms with van der Waals surface area (Å²) in [5, 5.41) is 14.2. The van der Waals surface area contributed by atoms with Crippen LogP contribution in [0.25, 0.3) is 11.0 Å². The Morgan fingerprint density at radius 2 is 2.16 bits per heavy atom. The number of hydrogen-bond acceptors (Lipinski definition) is 3. The summed E-state index contributed by atoms with van der Waals surface area (Å²) in [7, 11) is 0. The summed E-state index contributed by atoms with van der Waals surface area (Å²) >= 11 is 0. The summed E-state index contributed by atoms with van der Waals surface area (Å²) < 4.78 is 1.91. The second kappa shape index (κ2) is 5.38. The first-order valence-electron chi connectivity index (χ1n) is 6.58. The van der Waals surface area contributed by atoms with Gasteiger partial charge in [0, 0.05) is 24.0 Å². The van der Waals surface area contributed by atoms with Crippen molar-refractivity contribution < 1.29 is 9.90 Å². The van der Waals surface area contributed by atoms with E-state index in [2.05, 4.69) is 17.0 Å². The average molecular weight is 261 g/mol. The molecular formula is C14H19N3O2. The Kier molecular flexibility index (Phi) is 3.83. The molecule has 2 aromatic rings. The van der Waals surface area contributed by atoms with Crippen LogP contribution in [0.1, 0.15) is 36.6 Å². The van der Waals surface area contributed by atoms with Crippen molar-refractivity contribution in [1.29, 1.82) is 0 Å². The largest absolute Gasteiger partial charge is 0.481 e. The van der Waals surface area contributed by atoms with Gasteiger partial charge in [0.25, 0.3) is 0 Å². The molecule has 19 heavy (non-hydrogen) atoms. The highest BCUT2D eigenvalue weighted by Gasteiger charge is 2.13. The van der Waals surface area contributed by atoms with Crippen molar-refractivity contribution in [3.8, 4) is 0 Å². The zero-order valence-corrected chi connectivity index (χ0v) is 11.6. The van der Waals surface area contributed by atoms with Crippen molar-refractivity contribution in [3.63, 3.8) is 0 Å². The van der Waals surface area contributed by atoms with E-state index in [1.807, 2.05) is 24.7 Å². The number of aromatic nitrogens is 3. The van der Waals surface area contributed by atoms with Crippen LogP contribution < -0.4 is 0 Å². The van der Waals surface area contributed by atoms with Gasteiger partial charge >= 0.3 is 5.97 Å². The lowest BCUT2D eigenvalue weighted by molar-refractivity contribution is -0.136. The molecule has 0 aliphatic rings. The molecule has 2 heterocycles. The molecule has 0 saturated carbocycles. The van der Waals surface area contributed by atoms with Gasteiger partial charge in [-0.25, -0.2) is 9.67 Å². The van der Waals surface area contributed by atoms with Crippen LogP contribution in [-0.4, -0.2) is 25.8 Å². The maximum Gasteiger partial charge on any atom is 0.303 e. The van der Waals surface area contributed by atoms with Gasteiger partial charge in [0.05, 0.1) is 6.20 Å². The van der Waals surface area contributed by atoms with Crippen molar-refractivity contribution in [1.82, 2.24) is 14.8 Å². The van der Waals surface area contributed by atoms with Gasteiger partial charge in [0.1, 0.15) is 0 Å². The van der Waals surface area contributed by atoms with Crippen LogP contribution in [0.2, 0.25) is 0 Å². The fraction of sp³-hybridized carbons (Fsp3) is 0.500. The molecular weight excluding hydrogens is 242 g/mol. The first-order chi connectivity index (χ1) is 9.04. The van der Waals surface area contributed by atoms with E-state index in [-0.39, 0.29) is 6.42 Å². The molecule has 0 bridgehead atoms. The molecule has 0 radical (unpaired) electrons. The standard InChI is InChI=1S/C14H19N3O2/c1-4-7-17-14-12(8-15-17)9(2)11(10(3)16-14)5-6-13(18)19/h8H,4-7H2,1-3H3,(H,18,19). The SMILES string of the molecule is CCCn1ncc2c(C)c(CCC(=O)O)c(C)nc21. The van der Waals surface area contributed by atoms with Gasteiger partial charge < -0.3 is 5.11 Å². The molecule has 5 heteroatoms. The molecule has 0 unspecified atom stereocenters. The van der Waals surface area contributed by atoms with Crippen LogP contribution in [0.5, 0.6) is 0 Å². The molecule has 0 aliphatic heterocycles. The third-order valence-electron chi connectivity index (χ3n) is 3.40. The Bertz CT molecular complexity index is 617. The lowest BCUT2D eigenvalue weighted by Crippen LogP contribution is -2.05. The van der Waals surface area contributed by atoms with E-state index >= 15 is 0 Å². The lowest BCUT2D eigenvalue weighted by atomic mass is 10.0. The van der Waals surface area contributed by atoms with E-state index < -0.39 is 5.97 Å². The van der Waals surface area contributed by atoms with Gasteiger partial charge in [-0.2, -0.15) is 5.10 Å². The summed E-state index contributed by atoms with van der Waals surface area (Å²) in [4.78, 5) is 15.3. The van der Waals surface area contributed by atoms with Gasteiger partial charge in [-0.05, 0) is 37.8 Å². The Morgan fingerprint density at radius 1 is 1.42 bits per heavy atom. The highest BCUT2D eigenvalue weighted by Crippen LogP contribution is 2.23. The van der Waals surface area contributed by atoms with E-state index in [0.717, 1.165) is 40.8 Å². The molecule has 0 amide bonds. The van der Waals surface area contributed by atoms with E-state index in [1.165, 1.54) is 0 Å². The van der Waals surface area contributed by atoms with Gasteiger partial charge in [-0.3, -0.25) is 4.79 Å². The van der Waals surface area contributed by atoms with Crippen LogP contribution in [-0.2, 0) is 17.8 Å². The molecule has 102 valence electrons. The smallest absolute Gasteiger partial charge is 0.303 e. The third kappa shape index (κ3) is 2.59. The minimum absolute atomic E-state index is 0.137. The number of carboxylic acid groups (broad SMARTS) is 1. The number of fused-ring (bicyclic) bond motifs is 1. The Labute approximate surface area is 112 Å². The van der Waals surface area contributed by atoms with E-state index in [9.17, 15) is 4.79 Å². The van der Waals surface area contributed by atoms with E-state index in [4.69, 9.17) is 5.11 Å². The molecule has 1 N–H and O–H groups in total. The molecule has 0 aromatic carbocycles. The zero-order valence-electron chi connectivity index (χ0n) is 11.6.